The lowest BCUT2D eigenvalue weighted by atomic mass is 9.87. The van der Waals surface area contributed by atoms with Gasteiger partial charge >= 0.3 is 0 Å². The van der Waals surface area contributed by atoms with E-state index < -0.39 is 11.6 Å². The van der Waals surface area contributed by atoms with Gasteiger partial charge in [0.15, 0.2) is 5.82 Å². The van der Waals surface area contributed by atoms with Gasteiger partial charge in [-0.2, -0.15) is 0 Å². The van der Waals surface area contributed by atoms with Crippen LogP contribution in [-0.2, 0) is 5.41 Å². The lowest BCUT2D eigenvalue weighted by molar-refractivity contribution is 0.582. The topological polar surface area (TPSA) is 12.9 Å². The fraction of sp³-hybridized carbons (Fsp3) is 0.308. The summed E-state index contributed by atoms with van der Waals surface area (Å²) in [6, 6.07) is 3.76. The number of fused-ring (bicyclic) bond motifs is 1. The molecule has 0 aliphatic rings. The van der Waals surface area contributed by atoms with Crippen LogP contribution in [0.1, 0.15) is 26.3 Å². The highest BCUT2D eigenvalue weighted by atomic mass is 35.5. The molecule has 0 amide bonds. The van der Waals surface area contributed by atoms with E-state index in [1.165, 1.54) is 6.07 Å². The second-order valence-corrected chi connectivity index (χ2v) is 5.39. The van der Waals surface area contributed by atoms with Gasteiger partial charge in [-0.1, -0.05) is 32.4 Å². The molecule has 2 aromatic rings. The van der Waals surface area contributed by atoms with Crippen molar-refractivity contribution >= 4 is 22.5 Å². The maximum atomic E-state index is 13.5. The Morgan fingerprint density at radius 1 is 1.12 bits per heavy atom. The molecule has 0 fully saturated rings. The van der Waals surface area contributed by atoms with Crippen molar-refractivity contribution in [3.63, 3.8) is 0 Å². The van der Waals surface area contributed by atoms with Gasteiger partial charge in [-0.25, -0.2) is 13.8 Å². The molecule has 17 heavy (non-hydrogen) atoms. The molecular formula is C13H12ClF2N. The lowest BCUT2D eigenvalue weighted by Crippen LogP contribution is -2.12. The van der Waals surface area contributed by atoms with Gasteiger partial charge in [-0.15, -0.1) is 0 Å². The van der Waals surface area contributed by atoms with Crippen LogP contribution < -0.4 is 0 Å². The predicted molar refractivity (Wildman–Crippen MR) is 65.4 cm³/mol. The van der Waals surface area contributed by atoms with Crippen LogP contribution in [0, 0.1) is 11.6 Å². The molecule has 0 N–H and O–H groups in total. The second-order valence-electron chi connectivity index (χ2n) is 5.04. The van der Waals surface area contributed by atoms with Crippen molar-refractivity contribution in [2.24, 2.45) is 0 Å². The number of benzene rings is 1. The summed E-state index contributed by atoms with van der Waals surface area (Å²) in [4.78, 5) is 4.01. The number of rotatable bonds is 0. The van der Waals surface area contributed by atoms with Crippen LogP contribution in [0.5, 0.6) is 0 Å². The fourth-order valence-electron chi connectivity index (χ4n) is 1.71. The van der Waals surface area contributed by atoms with Crippen LogP contribution in [0.25, 0.3) is 10.9 Å². The number of pyridine rings is 1. The van der Waals surface area contributed by atoms with E-state index in [2.05, 4.69) is 4.98 Å². The quantitative estimate of drug-likeness (QED) is 0.633. The largest absolute Gasteiger partial charge is 0.233 e. The molecule has 0 radical (unpaired) electrons. The minimum absolute atomic E-state index is 0.101. The van der Waals surface area contributed by atoms with Gasteiger partial charge < -0.3 is 0 Å². The summed E-state index contributed by atoms with van der Waals surface area (Å²) >= 11 is 6.03. The highest BCUT2D eigenvalue weighted by molar-refractivity contribution is 6.30. The molecule has 0 saturated heterocycles. The van der Waals surface area contributed by atoms with Gasteiger partial charge in [0.05, 0.1) is 0 Å². The highest BCUT2D eigenvalue weighted by Crippen LogP contribution is 2.31. The number of hydrogen-bond donors (Lipinski definition) is 0. The molecule has 4 heteroatoms. The van der Waals surface area contributed by atoms with E-state index in [1.807, 2.05) is 20.8 Å². The Morgan fingerprint density at radius 3 is 2.35 bits per heavy atom. The number of aromatic nitrogens is 1. The first kappa shape index (κ1) is 12.2. The van der Waals surface area contributed by atoms with E-state index in [0.717, 1.165) is 11.6 Å². The monoisotopic (exact) mass is 255 g/mol. The van der Waals surface area contributed by atoms with Crippen molar-refractivity contribution in [1.82, 2.24) is 4.98 Å². The molecule has 1 aromatic carbocycles. The van der Waals surface area contributed by atoms with Crippen LogP contribution in [-0.4, -0.2) is 4.98 Å². The third kappa shape index (κ3) is 2.25. The Balaban J connectivity index is 2.81. The second kappa shape index (κ2) is 3.91. The molecule has 0 aliphatic carbocycles. The number of hydrogen-bond acceptors (Lipinski definition) is 1. The zero-order chi connectivity index (χ0) is 12.8. The van der Waals surface area contributed by atoms with E-state index in [-0.39, 0.29) is 16.1 Å². The van der Waals surface area contributed by atoms with E-state index in [0.29, 0.717) is 5.39 Å². The van der Waals surface area contributed by atoms with Gasteiger partial charge in [0.2, 0.25) is 0 Å². The molecule has 0 saturated carbocycles. The van der Waals surface area contributed by atoms with Crippen molar-refractivity contribution in [2.45, 2.75) is 26.2 Å². The number of nitrogens with zero attached hydrogens (tertiary/aromatic N) is 1. The standard InChI is InChI=1S/C13H12ClF2N/c1-13(2,3)9-5-7-4-8(15)6-10(16)11(7)17-12(9)14/h4-6H,1-3H3. The molecule has 0 unspecified atom stereocenters. The Labute approximate surface area is 103 Å². The van der Waals surface area contributed by atoms with Gasteiger partial charge in [-0.3, -0.25) is 0 Å². The Kier molecular flexibility index (Phi) is 2.82. The molecule has 2 rings (SSSR count). The van der Waals surface area contributed by atoms with E-state index in [4.69, 9.17) is 11.6 Å². The van der Waals surface area contributed by atoms with Crippen molar-refractivity contribution in [3.05, 3.63) is 40.6 Å². The smallest absolute Gasteiger partial charge is 0.152 e. The fourth-order valence-corrected chi connectivity index (χ4v) is 2.14. The van der Waals surface area contributed by atoms with Gasteiger partial charge in [0, 0.05) is 11.5 Å². The molecule has 0 atom stereocenters. The summed E-state index contributed by atoms with van der Waals surface area (Å²) < 4.78 is 26.6. The Bertz CT molecular complexity index is 588. The van der Waals surface area contributed by atoms with Gasteiger partial charge in [-0.05, 0) is 23.1 Å². The molecule has 90 valence electrons. The average Bonchev–Trinajstić information content (AvgIpc) is 2.16. The Hall–Kier alpha value is -1.22. The first-order valence-electron chi connectivity index (χ1n) is 5.25. The van der Waals surface area contributed by atoms with Crippen LogP contribution in [0.3, 0.4) is 0 Å². The third-order valence-corrected chi connectivity index (χ3v) is 2.89. The summed E-state index contributed by atoms with van der Waals surface area (Å²) in [5.74, 6) is -1.30. The lowest BCUT2D eigenvalue weighted by Gasteiger charge is -2.20. The first-order valence-corrected chi connectivity index (χ1v) is 5.62. The van der Waals surface area contributed by atoms with E-state index in [9.17, 15) is 8.78 Å². The maximum Gasteiger partial charge on any atom is 0.152 e. The van der Waals surface area contributed by atoms with Crippen molar-refractivity contribution < 1.29 is 8.78 Å². The zero-order valence-corrected chi connectivity index (χ0v) is 10.6. The summed E-state index contributed by atoms with van der Waals surface area (Å²) in [6.45, 7) is 5.91. The summed E-state index contributed by atoms with van der Waals surface area (Å²) in [6.07, 6.45) is 0. The predicted octanol–water partition coefficient (Wildman–Crippen LogP) is 4.46. The van der Waals surface area contributed by atoms with E-state index >= 15 is 0 Å². The van der Waals surface area contributed by atoms with Crippen molar-refractivity contribution in [2.75, 3.05) is 0 Å². The highest BCUT2D eigenvalue weighted by Gasteiger charge is 2.20. The minimum Gasteiger partial charge on any atom is -0.233 e. The molecular weight excluding hydrogens is 244 g/mol. The van der Waals surface area contributed by atoms with Gasteiger partial charge in [0.1, 0.15) is 16.5 Å². The molecule has 0 bridgehead atoms. The Morgan fingerprint density at radius 2 is 1.76 bits per heavy atom. The average molecular weight is 256 g/mol. The van der Waals surface area contributed by atoms with Crippen LogP contribution in [0.2, 0.25) is 5.15 Å². The molecule has 1 heterocycles. The summed E-state index contributed by atoms with van der Waals surface area (Å²) in [5.41, 5.74) is 0.655. The maximum absolute atomic E-state index is 13.5. The minimum atomic E-state index is -0.692. The van der Waals surface area contributed by atoms with Crippen molar-refractivity contribution in [3.8, 4) is 0 Å². The summed E-state index contributed by atoms with van der Waals surface area (Å²) in [7, 11) is 0. The SMILES string of the molecule is CC(C)(C)c1cc2cc(F)cc(F)c2nc1Cl. The van der Waals surface area contributed by atoms with Crippen LogP contribution in [0.4, 0.5) is 8.78 Å². The molecule has 0 spiro atoms. The molecule has 0 aliphatic heterocycles. The molecule has 1 aromatic heterocycles. The molecule has 1 nitrogen and oxygen atoms in total. The van der Waals surface area contributed by atoms with Gasteiger partial charge in [0.25, 0.3) is 0 Å². The summed E-state index contributed by atoms with van der Waals surface area (Å²) in [5, 5.41) is 0.687. The zero-order valence-electron chi connectivity index (χ0n) is 9.81. The third-order valence-electron chi connectivity index (χ3n) is 2.60. The van der Waals surface area contributed by atoms with E-state index in [1.54, 1.807) is 6.07 Å². The number of halogens is 3. The van der Waals surface area contributed by atoms with Crippen molar-refractivity contribution in [1.29, 1.82) is 0 Å². The van der Waals surface area contributed by atoms with Crippen LogP contribution >= 0.6 is 11.6 Å². The first-order chi connectivity index (χ1) is 7.79. The normalized spacial score (nSPS) is 12.1. The van der Waals surface area contributed by atoms with Crippen LogP contribution in [0.15, 0.2) is 18.2 Å².